The van der Waals surface area contributed by atoms with Gasteiger partial charge in [0.05, 0.1) is 5.41 Å². The molecule has 1 aliphatic heterocycles. The third-order valence-electron chi connectivity index (χ3n) is 5.02. The number of ether oxygens (including phenoxy) is 1. The minimum atomic E-state index is -0.583. The molecule has 0 unspecified atom stereocenters. The van der Waals surface area contributed by atoms with Gasteiger partial charge < -0.3 is 9.84 Å². The molecule has 2 aliphatic rings. The monoisotopic (exact) mass is 240 g/mol. The maximum absolute atomic E-state index is 11.7. The molecular weight excluding hydrogens is 216 g/mol. The van der Waals surface area contributed by atoms with Gasteiger partial charge in [-0.1, -0.05) is 26.2 Å². The summed E-state index contributed by atoms with van der Waals surface area (Å²) in [4.78, 5) is 11.7. The van der Waals surface area contributed by atoms with Crippen LogP contribution in [0.15, 0.2) is 0 Å². The third-order valence-corrected chi connectivity index (χ3v) is 5.02. The molecule has 1 saturated carbocycles. The predicted octanol–water partition coefficient (Wildman–Crippen LogP) is 3.08. The molecular formula is C14H24O3. The van der Waals surface area contributed by atoms with E-state index >= 15 is 0 Å². The minimum Gasteiger partial charge on any atom is -0.481 e. The van der Waals surface area contributed by atoms with Crippen LogP contribution in [0.4, 0.5) is 0 Å². The van der Waals surface area contributed by atoms with Gasteiger partial charge in [-0.2, -0.15) is 0 Å². The molecule has 17 heavy (non-hydrogen) atoms. The average molecular weight is 240 g/mol. The molecule has 3 nitrogen and oxygen atoms in total. The molecule has 0 atom stereocenters. The fourth-order valence-electron chi connectivity index (χ4n) is 3.66. The van der Waals surface area contributed by atoms with Crippen molar-refractivity contribution in [2.24, 2.45) is 17.3 Å². The van der Waals surface area contributed by atoms with Crippen LogP contribution in [0.2, 0.25) is 0 Å². The Bertz CT molecular complexity index is 261. The molecule has 1 aliphatic carbocycles. The van der Waals surface area contributed by atoms with Crippen LogP contribution in [-0.2, 0) is 9.53 Å². The number of carboxylic acids is 1. The topological polar surface area (TPSA) is 46.5 Å². The third kappa shape index (κ3) is 2.49. The maximum atomic E-state index is 11.7. The molecule has 1 N–H and O–H groups in total. The van der Waals surface area contributed by atoms with Crippen LogP contribution in [0.5, 0.6) is 0 Å². The Morgan fingerprint density at radius 2 is 1.82 bits per heavy atom. The van der Waals surface area contributed by atoms with E-state index in [9.17, 15) is 9.90 Å². The lowest BCUT2D eigenvalue weighted by atomic mass is 9.63. The second-order valence-corrected chi connectivity index (χ2v) is 5.70. The number of rotatable bonds is 3. The fraction of sp³-hybridized carbons (Fsp3) is 0.929. The first-order valence-corrected chi connectivity index (χ1v) is 7.00. The Morgan fingerprint density at radius 1 is 1.24 bits per heavy atom. The smallest absolute Gasteiger partial charge is 0.310 e. The molecule has 0 amide bonds. The molecule has 0 spiro atoms. The fourth-order valence-corrected chi connectivity index (χ4v) is 3.66. The van der Waals surface area contributed by atoms with E-state index in [1.165, 1.54) is 19.3 Å². The standard InChI is InChI=1S/C14H24O3/c1-2-11-3-5-12(6-4-11)14(13(15)16)7-9-17-10-8-14/h11-12H,2-10H2,1H3,(H,15,16). The van der Waals surface area contributed by atoms with Crippen molar-refractivity contribution in [1.29, 1.82) is 0 Å². The van der Waals surface area contributed by atoms with Gasteiger partial charge in [0.15, 0.2) is 0 Å². The van der Waals surface area contributed by atoms with Gasteiger partial charge >= 0.3 is 5.97 Å². The van der Waals surface area contributed by atoms with Gasteiger partial charge in [-0.15, -0.1) is 0 Å². The first kappa shape index (κ1) is 12.9. The molecule has 1 saturated heterocycles. The van der Waals surface area contributed by atoms with Gasteiger partial charge in [0.2, 0.25) is 0 Å². The summed E-state index contributed by atoms with van der Waals surface area (Å²) in [5.41, 5.74) is -0.475. The summed E-state index contributed by atoms with van der Waals surface area (Å²) in [6, 6.07) is 0. The highest BCUT2D eigenvalue weighted by atomic mass is 16.5. The lowest BCUT2D eigenvalue weighted by Crippen LogP contribution is -2.44. The van der Waals surface area contributed by atoms with Crippen LogP contribution >= 0.6 is 0 Å². The highest BCUT2D eigenvalue weighted by Gasteiger charge is 2.47. The number of carboxylic acid groups (broad SMARTS) is 1. The largest absolute Gasteiger partial charge is 0.481 e. The Kier molecular flexibility index (Phi) is 4.08. The molecule has 3 heteroatoms. The first-order chi connectivity index (χ1) is 8.19. The lowest BCUT2D eigenvalue weighted by molar-refractivity contribution is -0.162. The molecule has 0 bridgehead atoms. The quantitative estimate of drug-likeness (QED) is 0.824. The van der Waals surface area contributed by atoms with Crippen molar-refractivity contribution in [2.45, 2.75) is 51.9 Å². The zero-order valence-electron chi connectivity index (χ0n) is 10.8. The van der Waals surface area contributed by atoms with E-state index in [1.54, 1.807) is 0 Å². The Morgan fingerprint density at radius 3 is 2.29 bits per heavy atom. The number of hydrogen-bond acceptors (Lipinski definition) is 2. The van der Waals surface area contributed by atoms with E-state index in [2.05, 4.69) is 6.92 Å². The Balaban J connectivity index is 2.04. The van der Waals surface area contributed by atoms with Gasteiger partial charge in [0.25, 0.3) is 0 Å². The van der Waals surface area contributed by atoms with Crippen LogP contribution < -0.4 is 0 Å². The summed E-state index contributed by atoms with van der Waals surface area (Å²) < 4.78 is 5.34. The van der Waals surface area contributed by atoms with E-state index in [1.807, 2.05) is 0 Å². The number of carbonyl (C=O) groups is 1. The van der Waals surface area contributed by atoms with Gasteiger partial charge in [-0.05, 0) is 37.5 Å². The zero-order chi connectivity index (χ0) is 12.3. The van der Waals surface area contributed by atoms with Crippen molar-refractivity contribution in [1.82, 2.24) is 0 Å². The van der Waals surface area contributed by atoms with Crippen LogP contribution in [0.1, 0.15) is 51.9 Å². The van der Waals surface area contributed by atoms with Gasteiger partial charge in [0.1, 0.15) is 0 Å². The summed E-state index contributed by atoms with van der Waals surface area (Å²) in [6.45, 7) is 3.49. The van der Waals surface area contributed by atoms with Crippen LogP contribution in [0, 0.1) is 17.3 Å². The highest BCUT2D eigenvalue weighted by molar-refractivity contribution is 5.75. The van der Waals surface area contributed by atoms with E-state index in [0.29, 0.717) is 32.0 Å². The van der Waals surface area contributed by atoms with Crippen LogP contribution in [0.25, 0.3) is 0 Å². The minimum absolute atomic E-state index is 0.381. The van der Waals surface area contributed by atoms with E-state index in [0.717, 1.165) is 18.8 Å². The molecule has 0 radical (unpaired) electrons. The number of aliphatic carboxylic acids is 1. The molecule has 0 aromatic rings. The van der Waals surface area contributed by atoms with E-state index in [-0.39, 0.29) is 0 Å². The van der Waals surface area contributed by atoms with Gasteiger partial charge in [-0.25, -0.2) is 0 Å². The summed E-state index contributed by atoms with van der Waals surface area (Å²) >= 11 is 0. The second-order valence-electron chi connectivity index (χ2n) is 5.70. The van der Waals surface area contributed by atoms with Crippen molar-refractivity contribution < 1.29 is 14.6 Å². The molecule has 98 valence electrons. The molecule has 0 aromatic carbocycles. The molecule has 0 aromatic heterocycles. The van der Waals surface area contributed by atoms with Crippen LogP contribution in [0.3, 0.4) is 0 Å². The summed E-state index contributed by atoms with van der Waals surface area (Å²) in [7, 11) is 0. The lowest BCUT2D eigenvalue weighted by Gasteiger charge is -2.43. The van der Waals surface area contributed by atoms with Crippen LogP contribution in [-0.4, -0.2) is 24.3 Å². The maximum Gasteiger partial charge on any atom is 0.310 e. The van der Waals surface area contributed by atoms with Gasteiger partial charge in [-0.3, -0.25) is 4.79 Å². The molecule has 2 fully saturated rings. The van der Waals surface area contributed by atoms with Gasteiger partial charge in [0, 0.05) is 13.2 Å². The normalized spacial score (nSPS) is 33.2. The summed E-state index contributed by atoms with van der Waals surface area (Å²) in [5, 5.41) is 9.61. The molecule has 1 heterocycles. The molecule has 2 rings (SSSR count). The number of hydrogen-bond donors (Lipinski definition) is 1. The zero-order valence-corrected chi connectivity index (χ0v) is 10.8. The van der Waals surface area contributed by atoms with Crippen molar-refractivity contribution in [3.05, 3.63) is 0 Å². The SMILES string of the molecule is CCC1CCC(C2(C(=O)O)CCOCC2)CC1. The van der Waals surface area contributed by atoms with Crippen molar-refractivity contribution >= 4 is 5.97 Å². The summed E-state index contributed by atoms with van der Waals surface area (Å²) in [6.07, 6.45) is 7.31. The van der Waals surface area contributed by atoms with Crippen molar-refractivity contribution in [2.75, 3.05) is 13.2 Å². The van der Waals surface area contributed by atoms with Crippen molar-refractivity contribution in [3.8, 4) is 0 Å². The predicted molar refractivity (Wildman–Crippen MR) is 65.9 cm³/mol. The summed E-state index contributed by atoms with van der Waals surface area (Å²) in [5.74, 6) is 0.629. The van der Waals surface area contributed by atoms with Crippen molar-refractivity contribution in [3.63, 3.8) is 0 Å². The van der Waals surface area contributed by atoms with E-state index in [4.69, 9.17) is 4.74 Å². The average Bonchev–Trinajstić information content (AvgIpc) is 2.39. The van der Waals surface area contributed by atoms with E-state index < -0.39 is 11.4 Å². The second kappa shape index (κ2) is 5.38. The Hall–Kier alpha value is -0.570. The highest BCUT2D eigenvalue weighted by Crippen LogP contribution is 2.47. The Labute approximate surface area is 104 Å². The first-order valence-electron chi connectivity index (χ1n) is 7.00.